The third-order valence-corrected chi connectivity index (χ3v) is 6.01. The Morgan fingerprint density at radius 2 is 1.72 bits per heavy atom. The van der Waals surface area contributed by atoms with Crippen LogP contribution in [0.2, 0.25) is 0 Å². The van der Waals surface area contributed by atoms with E-state index < -0.39 is 0 Å². The topological polar surface area (TPSA) is 52.2 Å². The summed E-state index contributed by atoms with van der Waals surface area (Å²) in [5.41, 5.74) is 2.45. The number of nitrogens with one attached hydrogen (secondary N) is 1. The minimum Gasteiger partial charge on any atom is -0.366 e. The molecular formula is C22H23FN4OS. The van der Waals surface area contributed by atoms with Crippen molar-refractivity contribution in [1.29, 1.82) is 0 Å². The second-order valence-corrected chi connectivity index (χ2v) is 8.14. The van der Waals surface area contributed by atoms with Crippen LogP contribution in [0.15, 0.2) is 64.3 Å². The van der Waals surface area contributed by atoms with Gasteiger partial charge in [-0.15, -0.1) is 11.8 Å². The van der Waals surface area contributed by atoms with Crippen LogP contribution in [-0.4, -0.2) is 36.1 Å². The Morgan fingerprint density at radius 1 is 1.03 bits per heavy atom. The summed E-state index contributed by atoms with van der Waals surface area (Å²) in [5.74, 6) is 1.02. The zero-order chi connectivity index (χ0) is 20.2. The van der Waals surface area contributed by atoms with Crippen molar-refractivity contribution >= 4 is 23.4 Å². The SMILES string of the molecule is Cc1ccc(SCc2cc(=O)[nH]c(N3CCN(c4ccccc4F)CC3)n2)cc1. The maximum Gasteiger partial charge on any atom is 0.252 e. The van der Waals surface area contributed by atoms with Gasteiger partial charge in [-0.05, 0) is 31.2 Å². The fraction of sp³-hybridized carbons (Fsp3) is 0.273. The molecule has 150 valence electrons. The Labute approximate surface area is 173 Å². The van der Waals surface area contributed by atoms with Crippen LogP contribution < -0.4 is 15.4 Å². The molecular weight excluding hydrogens is 387 g/mol. The summed E-state index contributed by atoms with van der Waals surface area (Å²) in [5, 5.41) is 0. The maximum atomic E-state index is 14.0. The van der Waals surface area contributed by atoms with Gasteiger partial charge in [-0.3, -0.25) is 9.78 Å². The number of rotatable bonds is 5. The molecule has 1 aromatic heterocycles. The zero-order valence-electron chi connectivity index (χ0n) is 16.3. The van der Waals surface area contributed by atoms with Crippen molar-refractivity contribution < 1.29 is 4.39 Å². The lowest BCUT2D eigenvalue weighted by Crippen LogP contribution is -2.47. The summed E-state index contributed by atoms with van der Waals surface area (Å²) in [6.07, 6.45) is 0. The molecule has 2 heterocycles. The van der Waals surface area contributed by atoms with Crippen LogP contribution in [0.3, 0.4) is 0 Å². The number of aromatic nitrogens is 2. The van der Waals surface area contributed by atoms with Crippen molar-refractivity contribution in [1.82, 2.24) is 9.97 Å². The monoisotopic (exact) mass is 410 g/mol. The predicted molar refractivity (Wildman–Crippen MR) is 116 cm³/mol. The molecule has 0 aliphatic carbocycles. The Balaban J connectivity index is 1.42. The van der Waals surface area contributed by atoms with Crippen LogP contribution in [0.5, 0.6) is 0 Å². The molecule has 0 saturated carbocycles. The fourth-order valence-corrected chi connectivity index (χ4v) is 4.17. The molecule has 1 N–H and O–H groups in total. The first kappa shape index (κ1) is 19.5. The lowest BCUT2D eigenvalue weighted by Gasteiger charge is -2.36. The average Bonchev–Trinajstić information content (AvgIpc) is 2.73. The summed E-state index contributed by atoms with van der Waals surface area (Å²) in [6, 6.07) is 16.7. The largest absolute Gasteiger partial charge is 0.366 e. The van der Waals surface area contributed by atoms with E-state index in [-0.39, 0.29) is 11.4 Å². The van der Waals surface area contributed by atoms with E-state index in [0.717, 1.165) is 10.6 Å². The Hall–Kier alpha value is -2.80. The van der Waals surface area contributed by atoms with Gasteiger partial charge in [-0.25, -0.2) is 9.37 Å². The quantitative estimate of drug-likeness (QED) is 0.648. The second kappa shape index (κ2) is 8.69. The Kier molecular flexibility index (Phi) is 5.85. The minimum atomic E-state index is -0.206. The molecule has 0 bridgehead atoms. The van der Waals surface area contributed by atoms with Gasteiger partial charge in [0.25, 0.3) is 5.56 Å². The van der Waals surface area contributed by atoms with Crippen molar-refractivity contribution in [2.75, 3.05) is 36.0 Å². The van der Waals surface area contributed by atoms with E-state index in [4.69, 9.17) is 0 Å². The van der Waals surface area contributed by atoms with Crippen molar-refractivity contribution in [2.45, 2.75) is 17.6 Å². The number of H-pyrrole nitrogens is 1. The van der Waals surface area contributed by atoms with Gasteiger partial charge in [0.05, 0.1) is 11.4 Å². The zero-order valence-corrected chi connectivity index (χ0v) is 17.1. The molecule has 1 aliphatic heterocycles. The van der Waals surface area contributed by atoms with Gasteiger partial charge >= 0.3 is 0 Å². The summed E-state index contributed by atoms with van der Waals surface area (Å²) in [4.78, 5) is 24.9. The Bertz CT molecular complexity index is 1030. The molecule has 7 heteroatoms. The number of aryl methyl sites for hydroxylation is 1. The second-order valence-electron chi connectivity index (χ2n) is 7.09. The van der Waals surface area contributed by atoms with E-state index in [1.165, 1.54) is 11.6 Å². The lowest BCUT2D eigenvalue weighted by atomic mass is 10.2. The van der Waals surface area contributed by atoms with Gasteiger partial charge in [0, 0.05) is 42.9 Å². The molecule has 3 aromatic rings. The molecule has 0 radical (unpaired) electrons. The Morgan fingerprint density at radius 3 is 2.45 bits per heavy atom. The number of halogens is 1. The number of benzene rings is 2. The third-order valence-electron chi connectivity index (χ3n) is 4.96. The number of piperazine rings is 1. The molecule has 2 aromatic carbocycles. The minimum absolute atomic E-state index is 0.147. The van der Waals surface area contributed by atoms with Crippen molar-refractivity contribution in [3.8, 4) is 0 Å². The van der Waals surface area contributed by atoms with Crippen molar-refractivity contribution in [3.05, 3.63) is 82.0 Å². The number of anilines is 2. The fourth-order valence-electron chi connectivity index (χ4n) is 3.38. The van der Waals surface area contributed by atoms with E-state index in [0.29, 0.717) is 43.6 Å². The number of hydrogen-bond donors (Lipinski definition) is 1. The van der Waals surface area contributed by atoms with E-state index >= 15 is 0 Å². The van der Waals surface area contributed by atoms with Crippen molar-refractivity contribution in [2.24, 2.45) is 0 Å². The van der Waals surface area contributed by atoms with Gasteiger partial charge in [-0.2, -0.15) is 0 Å². The highest BCUT2D eigenvalue weighted by Gasteiger charge is 2.21. The van der Waals surface area contributed by atoms with Crippen LogP contribution in [-0.2, 0) is 5.75 Å². The summed E-state index contributed by atoms with van der Waals surface area (Å²) < 4.78 is 14.0. The molecule has 1 saturated heterocycles. The van der Waals surface area contributed by atoms with Crippen LogP contribution in [0.25, 0.3) is 0 Å². The highest BCUT2D eigenvalue weighted by atomic mass is 32.2. The highest BCUT2D eigenvalue weighted by molar-refractivity contribution is 7.98. The first-order valence-electron chi connectivity index (χ1n) is 9.62. The molecule has 0 unspecified atom stereocenters. The number of nitrogens with zero attached hydrogens (tertiary/aromatic N) is 3. The first-order chi connectivity index (χ1) is 14.1. The van der Waals surface area contributed by atoms with Crippen LogP contribution >= 0.6 is 11.8 Å². The summed E-state index contributed by atoms with van der Waals surface area (Å²) >= 11 is 1.66. The maximum absolute atomic E-state index is 14.0. The number of para-hydroxylation sites is 1. The van der Waals surface area contributed by atoms with Gasteiger partial charge in [-0.1, -0.05) is 29.8 Å². The standard InChI is InChI=1S/C22H23FN4OS/c1-16-6-8-18(9-7-16)29-15-17-14-21(28)25-22(24-17)27-12-10-26(11-13-27)20-5-3-2-4-19(20)23/h2-9,14H,10-13,15H2,1H3,(H,24,25,28). The predicted octanol–water partition coefficient (Wildman–Crippen LogP) is 3.84. The first-order valence-corrected chi connectivity index (χ1v) is 10.6. The summed E-state index contributed by atoms with van der Waals surface area (Å²) in [6.45, 7) is 4.75. The van der Waals surface area contributed by atoms with E-state index in [1.54, 1.807) is 30.0 Å². The number of thioether (sulfide) groups is 1. The van der Waals surface area contributed by atoms with Gasteiger partial charge in [0.15, 0.2) is 0 Å². The van der Waals surface area contributed by atoms with Crippen LogP contribution in [0, 0.1) is 12.7 Å². The third kappa shape index (κ3) is 4.79. The highest BCUT2D eigenvalue weighted by Crippen LogP contribution is 2.24. The molecule has 29 heavy (non-hydrogen) atoms. The smallest absolute Gasteiger partial charge is 0.252 e. The lowest BCUT2D eigenvalue weighted by molar-refractivity contribution is 0.593. The molecule has 5 nitrogen and oxygen atoms in total. The van der Waals surface area contributed by atoms with Gasteiger partial charge < -0.3 is 9.80 Å². The summed E-state index contributed by atoms with van der Waals surface area (Å²) in [7, 11) is 0. The van der Waals surface area contributed by atoms with Gasteiger partial charge in [0.1, 0.15) is 5.82 Å². The van der Waals surface area contributed by atoms with E-state index in [9.17, 15) is 9.18 Å². The average molecular weight is 411 g/mol. The molecule has 1 fully saturated rings. The number of hydrogen-bond acceptors (Lipinski definition) is 5. The molecule has 0 atom stereocenters. The van der Waals surface area contributed by atoms with Gasteiger partial charge in [0.2, 0.25) is 5.95 Å². The molecule has 1 aliphatic rings. The number of aromatic amines is 1. The van der Waals surface area contributed by atoms with Crippen LogP contribution in [0.1, 0.15) is 11.3 Å². The van der Waals surface area contributed by atoms with Crippen molar-refractivity contribution in [3.63, 3.8) is 0 Å². The molecule has 0 spiro atoms. The molecule has 0 amide bonds. The van der Waals surface area contributed by atoms with Crippen LogP contribution in [0.4, 0.5) is 16.0 Å². The normalized spacial score (nSPS) is 14.3. The van der Waals surface area contributed by atoms with E-state index in [2.05, 4.69) is 46.1 Å². The van der Waals surface area contributed by atoms with E-state index in [1.807, 2.05) is 11.0 Å². The molecule has 4 rings (SSSR count).